The fraction of sp³-hybridized carbons (Fsp3) is 0. The van der Waals surface area contributed by atoms with Crippen LogP contribution in [-0.4, -0.2) is 43.6 Å². The van der Waals surface area contributed by atoms with E-state index < -0.39 is 0 Å². The van der Waals surface area contributed by atoms with Crippen molar-refractivity contribution in [2.75, 3.05) is 0 Å². The smallest absolute Gasteiger partial charge is 0.164 e. The first-order valence-electron chi connectivity index (χ1n) is 50.7. The summed E-state index contributed by atoms with van der Waals surface area (Å²) in [5, 5.41) is 25.1. The molecule has 0 spiro atoms. The maximum absolute atomic E-state index is 6.94. The Kier molecular flexibility index (Phi) is 19.7. The fourth-order valence-electron chi connectivity index (χ4n) is 23.1. The van der Waals surface area contributed by atoms with Gasteiger partial charge in [0.05, 0.1) is 83.6 Å². The Morgan fingerprint density at radius 3 is 0.813 bits per heavy atom. The lowest BCUT2D eigenvalue weighted by Gasteiger charge is -2.11. The summed E-state index contributed by atoms with van der Waals surface area (Å²) in [7, 11) is 0. The highest BCUT2D eigenvalue weighted by molar-refractivity contribution is 6.27. The molecule has 9 aromatic heterocycles. The molecule has 0 fully saturated rings. The van der Waals surface area contributed by atoms with E-state index in [1.165, 1.54) is 81.8 Å². The largest absolute Gasteiger partial charge is 0.455 e. The molecule has 150 heavy (non-hydrogen) atoms. The van der Waals surface area contributed by atoms with Crippen LogP contribution in [0.15, 0.2) is 517 Å². The van der Waals surface area contributed by atoms with Gasteiger partial charge in [-0.05, 0) is 169 Å². The molecule has 0 unspecified atom stereocenters. The van der Waals surface area contributed by atoms with E-state index in [4.69, 9.17) is 43.2 Å². The van der Waals surface area contributed by atoms with Gasteiger partial charge >= 0.3 is 0 Å². The van der Waals surface area contributed by atoms with E-state index in [9.17, 15) is 0 Å². The molecule has 23 aromatic carbocycles. The number of aromatic nitrogens is 9. The monoisotopic (exact) mass is 1910 g/mol. The average molecular weight is 1920 g/mol. The van der Waals surface area contributed by atoms with E-state index in [-0.39, 0.29) is 0 Å². The molecule has 32 aromatic rings. The van der Waals surface area contributed by atoms with Crippen molar-refractivity contribution in [2.45, 2.75) is 0 Å². The van der Waals surface area contributed by atoms with Gasteiger partial charge in [-0.1, -0.05) is 370 Å². The molecule has 0 N–H and O–H groups in total. The molecule has 0 amide bonds. The molecule has 0 aliphatic heterocycles. The SMILES string of the molecule is c1ccc(-c2cc(-c3ccccc3)nc(-c3cc4ccccc4c4c3oc3cc(-n5c6ccccc6c6ccccc65)ccc34)n2)cc1.c1ccc(-c2ccc(-c3nc(-c4cc5ccccc5c5c4oc4cc(-n6c7ccccc7c7ccccc76)ccc45)nc4ccccc34)cc2)cc1.c1ccc(-c2nc(-c3cc4ccccc4c4c3oc3cc(-n5c6ccccc6c6cc7ccccc7cc65)ccc34)nc3ccccc23)cc1. The molecule has 12 heteroatoms. The Labute approximate surface area is 857 Å². The summed E-state index contributed by atoms with van der Waals surface area (Å²) in [5.41, 5.74) is 29.5. The second-order valence-electron chi connectivity index (χ2n) is 38.5. The molecule has 32 rings (SSSR count). The number of furan rings is 3. The van der Waals surface area contributed by atoms with Crippen molar-refractivity contribution >= 4 is 196 Å². The van der Waals surface area contributed by atoms with Crippen LogP contribution in [0.1, 0.15) is 0 Å². The van der Waals surface area contributed by atoms with E-state index >= 15 is 0 Å². The Morgan fingerprint density at radius 1 is 0.160 bits per heavy atom. The second kappa shape index (κ2) is 34.7. The molecule has 698 valence electrons. The molecular formula is C138H83N9O3. The van der Waals surface area contributed by atoms with Gasteiger partial charge in [0.25, 0.3) is 0 Å². The lowest BCUT2D eigenvalue weighted by Crippen LogP contribution is -1.96. The number of benzene rings is 23. The molecule has 0 radical (unpaired) electrons. The molecule has 0 aliphatic carbocycles. The topological polar surface area (TPSA) is 132 Å². The van der Waals surface area contributed by atoms with Gasteiger partial charge in [0.1, 0.15) is 33.5 Å². The minimum absolute atomic E-state index is 0.632. The normalized spacial score (nSPS) is 11.9. The number of para-hydroxylation sites is 7. The summed E-state index contributed by atoms with van der Waals surface area (Å²) in [5.74, 6) is 1.91. The van der Waals surface area contributed by atoms with E-state index in [0.29, 0.717) is 17.5 Å². The number of hydrogen-bond acceptors (Lipinski definition) is 9. The van der Waals surface area contributed by atoms with Crippen molar-refractivity contribution in [2.24, 2.45) is 0 Å². The molecular weight excluding hydrogens is 1830 g/mol. The highest BCUT2D eigenvalue weighted by atomic mass is 16.3. The molecule has 0 bridgehead atoms. The van der Waals surface area contributed by atoms with E-state index in [1.54, 1.807) is 0 Å². The van der Waals surface area contributed by atoms with E-state index in [0.717, 1.165) is 204 Å². The van der Waals surface area contributed by atoms with Crippen LogP contribution in [0.5, 0.6) is 0 Å². The first-order valence-corrected chi connectivity index (χ1v) is 50.7. The molecule has 0 aliphatic rings. The van der Waals surface area contributed by atoms with Gasteiger partial charge in [-0.3, -0.25) is 0 Å². The average Bonchev–Trinajstić information content (AvgIpc) is 1.57. The van der Waals surface area contributed by atoms with Gasteiger partial charge in [0.15, 0.2) is 17.5 Å². The maximum atomic E-state index is 6.94. The van der Waals surface area contributed by atoms with Gasteiger partial charge < -0.3 is 27.0 Å². The molecule has 0 saturated heterocycles. The van der Waals surface area contributed by atoms with Crippen LogP contribution in [0.4, 0.5) is 0 Å². The van der Waals surface area contributed by atoms with E-state index in [1.807, 2.05) is 66.7 Å². The van der Waals surface area contributed by atoms with Gasteiger partial charge in [0, 0.05) is 133 Å². The summed E-state index contributed by atoms with van der Waals surface area (Å²) < 4.78 is 27.8. The number of rotatable bonds is 11. The van der Waals surface area contributed by atoms with Gasteiger partial charge in [-0.25, -0.2) is 29.9 Å². The van der Waals surface area contributed by atoms with Crippen molar-refractivity contribution in [1.29, 1.82) is 0 Å². The third-order valence-corrected chi connectivity index (χ3v) is 29.9. The molecule has 0 saturated carbocycles. The maximum Gasteiger partial charge on any atom is 0.164 e. The quantitative estimate of drug-likeness (QED) is 0.124. The van der Waals surface area contributed by atoms with Crippen LogP contribution in [-0.2, 0) is 0 Å². The van der Waals surface area contributed by atoms with E-state index in [2.05, 4.69) is 450 Å². The Balaban J connectivity index is 0.000000103. The van der Waals surface area contributed by atoms with Crippen molar-refractivity contribution < 1.29 is 13.3 Å². The summed E-state index contributed by atoms with van der Waals surface area (Å²) >= 11 is 0. The summed E-state index contributed by atoms with van der Waals surface area (Å²) in [6.45, 7) is 0. The summed E-state index contributed by atoms with van der Waals surface area (Å²) in [6, 6.07) is 177. The first-order chi connectivity index (χ1) is 74.4. The zero-order valence-electron chi connectivity index (χ0n) is 80.7. The Hall–Kier alpha value is -20.3. The zero-order valence-corrected chi connectivity index (χ0v) is 80.7. The third-order valence-electron chi connectivity index (χ3n) is 29.9. The second-order valence-corrected chi connectivity index (χ2v) is 38.5. The van der Waals surface area contributed by atoms with Gasteiger partial charge in [-0.2, -0.15) is 0 Å². The Bertz CT molecular complexity index is 11000. The standard InChI is InChI=1S/C48H29N3O.C46H27N3O.C44H27N3O/c1-2-12-30(13-3-1)31-22-24-32(25-23-31)46-38-18-6-9-19-41(38)49-48(50-46)40-28-33-14-4-5-15-35(33)45-39-27-26-34(29-44(39)52-47(40)45)51-42-20-10-7-16-36(42)37-17-8-11-21-43(37)51;1-2-12-28(13-3-1)44-35-19-8-10-20-39(35)47-46(48-44)38-25-31-16-6-7-17-33(31)43-36-23-22-32(27-42(36)50-45(38)43)49-40-21-11-9-18-34(40)37-24-29-14-4-5-15-30(29)26-41(37)49;1-3-13-28(14-4-1)37-27-38(29-15-5-2-6-16-29)46-44(45-37)36-25-30-17-7-8-18-32(30)42-35-24-23-31(26-41(35)48-43(36)42)47-39-21-11-9-19-33(39)34-20-10-12-22-40(34)47/h1-29H;1-27H;1-27H. The van der Waals surface area contributed by atoms with Gasteiger partial charge in [0.2, 0.25) is 0 Å². The zero-order chi connectivity index (χ0) is 98.5. The molecule has 9 heterocycles. The molecule has 12 nitrogen and oxygen atoms in total. The number of fused-ring (bicyclic) bond motifs is 27. The fourth-order valence-corrected chi connectivity index (χ4v) is 23.1. The lowest BCUT2D eigenvalue weighted by atomic mass is 9.98. The van der Waals surface area contributed by atoms with Crippen molar-refractivity contribution in [3.63, 3.8) is 0 Å². The van der Waals surface area contributed by atoms with Crippen LogP contribution >= 0.6 is 0 Å². The van der Waals surface area contributed by atoms with Crippen molar-refractivity contribution in [1.82, 2.24) is 43.6 Å². The Morgan fingerprint density at radius 2 is 0.433 bits per heavy atom. The molecule has 0 atom stereocenters. The highest BCUT2D eigenvalue weighted by Crippen LogP contribution is 2.50. The van der Waals surface area contributed by atoms with Gasteiger partial charge in [-0.15, -0.1) is 0 Å². The van der Waals surface area contributed by atoms with Crippen molar-refractivity contribution in [3.8, 4) is 107 Å². The lowest BCUT2D eigenvalue weighted by molar-refractivity contribution is 0.669. The van der Waals surface area contributed by atoms with Crippen LogP contribution in [0.3, 0.4) is 0 Å². The van der Waals surface area contributed by atoms with Crippen LogP contribution < -0.4 is 0 Å². The van der Waals surface area contributed by atoms with Crippen LogP contribution in [0.25, 0.3) is 304 Å². The predicted molar refractivity (Wildman–Crippen MR) is 619 cm³/mol. The van der Waals surface area contributed by atoms with Crippen molar-refractivity contribution in [3.05, 3.63) is 504 Å². The third kappa shape index (κ3) is 14.1. The minimum atomic E-state index is 0.632. The van der Waals surface area contributed by atoms with Crippen LogP contribution in [0, 0.1) is 0 Å². The minimum Gasteiger partial charge on any atom is -0.455 e. The first kappa shape index (κ1) is 85.3. The highest BCUT2D eigenvalue weighted by Gasteiger charge is 2.28. The number of nitrogens with zero attached hydrogens (tertiary/aromatic N) is 9. The predicted octanol–water partition coefficient (Wildman–Crippen LogP) is 36.7. The summed E-state index contributed by atoms with van der Waals surface area (Å²) in [4.78, 5) is 31.2. The summed E-state index contributed by atoms with van der Waals surface area (Å²) in [6.07, 6.45) is 0. The number of hydrogen-bond donors (Lipinski definition) is 0. The van der Waals surface area contributed by atoms with Crippen LogP contribution in [0.2, 0.25) is 0 Å².